The number of benzene rings is 2. The SMILES string of the molecule is O=CC1=C[N+](c2cc[nH]c2)(c2cc[nH]c2)NC1(c1ccccc1)c1ccccc1. The zero-order valence-corrected chi connectivity index (χ0v) is 15.7. The highest BCUT2D eigenvalue weighted by atomic mass is 16.1. The van der Waals surface area contributed by atoms with Crippen molar-refractivity contribution < 1.29 is 4.79 Å². The Morgan fingerprint density at radius 2 is 1.24 bits per heavy atom. The van der Waals surface area contributed by atoms with Crippen molar-refractivity contribution in [1.82, 2.24) is 20.0 Å². The highest BCUT2D eigenvalue weighted by molar-refractivity contribution is 5.84. The number of aromatic amines is 2. The van der Waals surface area contributed by atoms with Gasteiger partial charge in [-0.3, -0.25) is 4.79 Å². The number of carbonyl (C=O) groups is 1. The van der Waals surface area contributed by atoms with Crippen molar-refractivity contribution in [3.63, 3.8) is 0 Å². The molecule has 0 atom stereocenters. The Hall–Kier alpha value is -3.67. The summed E-state index contributed by atoms with van der Waals surface area (Å²) in [5.41, 5.74) is 7.69. The molecule has 5 nitrogen and oxygen atoms in total. The summed E-state index contributed by atoms with van der Waals surface area (Å²) in [5.74, 6) is 0. The van der Waals surface area contributed by atoms with E-state index in [4.69, 9.17) is 0 Å². The molecular weight excluding hydrogens is 360 g/mol. The number of aldehydes is 1. The summed E-state index contributed by atoms with van der Waals surface area (Å²) < 4.78 is 0.213. The normalized spacial score (nSPS) is 17.0. The Morgan fingerprint density at radius 1 is 0.724 bits per heavy atom. The van der Waals surface area contributed by atoms with Crippen LogP contribution in [0.1, 0.15) is 11.1 Å². The Morgan fingerprint density at radius 3 is 1.66 bits per heavy atom. The summed E-state index contributed by atoms with van der Waals surface area (Å²) in [7, 11) is 0. The van der Waals surface area contributed by atoms with E-state index in [9.17, 15) is 4.79 Å². The number of carbonyl (C=O) groups excluding carboxylic acids is 1. The van der Waals surface area contributed by atoms with E-state index in [2.05, 4.69) is 39.7 Å². The molecule has 2 aromatic heterocycles. The Bertz CT molecular complexity index is 1060. The molecule has 0 unspecified atom stereocenters. The van der Waals surface area contributed by atoms with Gasteiger partial charge >= 0.3 is 0 Å². The Kier molecular flexibility index (Phi) is 4.05. The van der Waals surface area contributed by atoms with Crippen LogP contribution in [-0.2, 0) is 10.3 Å². The first kappa shape index (κ1) is 17.4. The molecule has 0 bridgehead atoms. The molecule has 0 amide bonds. The van der Waals surface area contributed by atoms with Crippen molar-refractivity contribution in [2.45, 2.75) is 5.54 Å². The van der Waals surface area contributed by atoms with Crippen LogP contribution in [0.3, 0.4) is 0 Å². The second-order valence-electron chi connectivity index (χ2n) is 7.16. The lowest BCUT2D eigenvalue weighted by molar-refractivity contribution is -0.105. The van der Waals surface area contributed by atoms with Gasteiger partial charge in [0.15, 0.2) is 23.2 Å². The van der Waals surface area contributed by atoms with E-state index in [1.54, 1.807) is 0 Å². The van der Waals surface area contributed by atoms with Gasteiger partial charge in [0.2, 0.25) is 0 Å². The van der Waals surface area contributed by atoms with Crippen LogP contribution in [0.25, 0.3) is 0 Å². The van der Waals surface area contributed by atoms with Crippen molar-refractivity contribution in [3.05, 3.63) is 120 Å². The number of nitrogens with one attached hydrogen (secondary N) is 3. The molecule has 29 heavy (non-hydrogen) atoms. The van der Waals surface area contributed by atoms with Gasteiger partial charge < -0.3 is 9.97 Å². The van der Waals surface area contributed by atoms with Gasteiger partial charge in [0.1, 0.15) is 6.20 Å². The molecule has 0 aliphatic carbocycles. The molecule has 142 valence electrons. The molecule has 0 spiro atoms. The number of rotatable bonds is 5. The predicted molar refractivity (Wildman–Crippen MR) is 114 cm³/mol. The summed E-state index contributed by atoms with van der Waals surface area (Å²) in [6, 6.07) is 24.3. The predicted octanol–water partition coefficient (Wildman–Crippen LogP) is 4.53. The van der Waals surface area contributed by atoms with Gasteiger partial charge in [-0.1, -0.05) is 60.7 Å². The molecule has 1 aliphatic heterocycles. The summed E-state index contributed by atoms with van der Waals surface area (Å²) in [4.78, 5) is 18.8. The van der Waals surface area contributed by atoms with Crippen LogP contribution in [0.5, 0.6) is 0 Å². The third kappa shape index (κ3) is 2.52. The topological polar surface area (TPSA) is 60.7 Å². The molecule has 4 aromatic rings. The molecule has 5 rings (SSSR count). The van der Waals surface area contributed by atoms with E-state index in [0.717, 1.165) is 28.8 Å². The summed E-state index contributed by atoms with van der Waals surface area (Å²) >= 11 is 0. The number of H-pyrrole nitrogens is 2. The first-order chi connectivity index (χ1) is 14.3. The van der Waals surface area contributed by atoms with Gasteiger partial charge in [-0.15, -0.1) is 5.43 Å². The van der Waals surface area contributed by atoms with Crippen molar-refractivity contribution in [2.24, 2.45) is 0 Å². The van der Waals surface area contributed by atoms with Crippen molar-refractivity contribution in [2.75, 3.05) is 0 Å². The number of quaternary nitrogens is 1. The minimum Gasteiger partial charge on any atom is -0.362 e. The molecule has 3 heterocycles. The van der Waals surface area contributed by atoms with Gasteiger partial charge in [0, 0.05) is 24.5 Å². The zero-order chi connectivity index (χ0) is 19.7. The van der Waals surface area contributed by atoms with Crippen LogP contribution in [0.15, 0.2) is 109 Å². The summed E-state index contributed by atoms with van der Waals surface area (Å²) in [6.45, 7) is 0. The standard InChI is InChI=1S/C24H21N4O/c29-18-21-17-28(22-11-13-25-15-22,23-12-14-26-16-23)27-24(21,19-7-3-1-4-8-19)20-9-5-2-6-10-20/h1-18,25-27H/q+1. The van der Waals surface area contributed by atoms with Crippen molar-refractivity contribution in [1.29, 1.82) is 0 Å². The van der Waals surface area contributed by atoms with Gasteiger partial charge in [0.25, 0.3) is 0 Å². The lowest BCUT2D eigenvalue weighted by Crippen LogP contribution is -2.56. The zero-order valence-electron chi connectivity index (χ0n) is 15.7. The van der Waals surface area contributed by atoms with Gasteiger partial charge in [0.05, 0.1) is 18.0 Å². The largest absolute Gasteiger partial charge is 0.362 e. The van der Waals surface area contributed by atoms with E-state index >= 15 is 0 Å². The van der Waals surface area contributed by atoms with Crippen LogP contribution in [-0.4, -0.2) is 16.3 Å². The molecule has 1 aliphatic rings. The number of hydrogen-bond donors (Lipinski definition) is 3. The van der Waals surface area contributed by atoms with E-state index in [1.165, 1.54) is 0 Å². The average molecular weight is 381 g/mol. The fourth-order valence-corrected chi connectivity index (χ4v) is 4.29. The first-order valence-corrected chi connectivity index (χ1v) is 9.54. The molecule has 0 saturated carbocycles. The molecule has 0 radical (unpaired) electrons. The fourth-order valence-electron chi connectivity index (χ4n) is 4.29. The van der Waals surface area contributed by atoms with Crippen LogP contribution in [0.4, 0.5) is 11.4 Å². The second-order valence-corrected chi connectivity index (χ2v) is 7.16. The van der Waals surface area contributed by atoms with E-state index < -0.39 is 5.54 Å². The molecule has 5 heteroatoms. The minimum absolute atomic E-state index is 0.213. The number of nitrogens with zero attached hydrogens (tertiary/aromatic N) is 1. The van der Waals surface area contributed by atoms with E-state index in [0.29, 0.717) is 5.57 Å². The van der Waals surface area contributed by atoms with Gasteiger partial charge in [-0.25, -0.2) is 0 Å². The lowest BCUT2D eigenvalue weighted by atomic mass is 9.79. The third-order valence-electron chi connectivity index (χ3n) is 5.63. The third-order valence-corrected chi connectivity index (χ3v) is 5.63. The molecule has 3 N–H and O–H groups in total. The van der Waals surface area contributed by atoms with E-state index in [1.807, 2.05) is 79.5 Å². The number of hydrogen-bond acceptors (Lipinski definition) is 2. The fraction of sp³-hybridized carbons (Fsp3) is 0.0417. The monoisotopic (exact) mass is 381 g/mol. The van der Waals surface area contributed by atoms with Crippen molar-refractivity contribution >= 4 is 17.7 Å². The maximum atomic E-state index is 12.5. The van der Waals surface area contributed by atoms with Crippen LogP contribution >= 0.6 is 0 Å². The highest BCUT2D eigenvalue weighted by Gasteiger charge is 2.54. The van der Waals surface area contributed by atoms with E-state index in [-0.39, 0.29) is 4.59 Å². The summed E-state index contributed by atoms with van der Waals surface area (Å²) in [6.07, 6.45) is 10.6. The maximum absolute atomic E-state index is 12.5. The molecular formula is C24H21N4O+. The minimum atomic E-state index is -0.793. The first-order valence-electron chi connectivity index (χ1n) is 9.54. The van der Waals surface area contributed by atoms with Gasteiger partial charge in [-0.05, 0) is 11.1 Å². The number of aromatic nitrogens is 2. The Balaban J connectivity index is 1.82. The van der Waals surface area contributed by atoms with Crippen molar-refractivity contribution in [3.8, 4) is 0 Å². The lowest BCUT2D eigenvalue weighted by Gasteiger charge is -2.36. The van der Waals surface area contributed by atoms with Crippen LogP contribution in [0, 0.1) is 0 Å². The Labute approximate surface area is 168 Å². The smallest absolute Gasteiger partial charge is 0.179 e. The molecule has 0 saturated heterocycles. The second kappa shape index (κ2) is 6.74. The maximum Gasteiger partial charge on any atom is 0.179 e. The molecule has 0 fully saturated rings. The highest BCUT2D eigenvalue weighted by Crippen LogP contribution is 2.47. The average Bonchev–Trinajstić information content (AvgIpc) is 3.55. The van der Waals surface area contributed by atoms with Crippen LogP contribution in [0.2, 0.25) is 0 Å². The quantitative estimate of drug-likeness (QED) is 0.351. The van der Waals surface area contributed by atoms with Gasteiger partial charge in [-0.2, -0.15) is 4.59 Å². The molecule has 2 aromatic carbocycles. The van der Waals surface area contributed by atoms with Crippen LogP contribution < -0.4 is 10.0 Å². The summed E-state index contributed by atoms with van der Waals surface area (Å²) in [5, 5.41) is 0.